The molecule has 1 fully saturated rings. The van der Waals surface area contributed by atoms with Gasteiger partial charge < -0.3 is 10.0 Å². The van der Waals surface area contributed by atoms with E-state index >= 15 is 0 Å². The zero-order chi connectivity index (χ0) is 13.1. The molecule has 0 radical (unpaired) electrons. The quantitative estimate of drug-likeness (QED) is 0.913. The fourth-order valence-electron chi connectivity index (χ4n) is 2.31. The SMILES string of the molecule is C[C@@H](C(=O)N1CCC[C@@H](C(=O)O)C1)c1cccs1. The van der Waals surface area contributed by atoms with E-state index in [-0.39, 0.29) is 11.8 Å². The number of hydrogen-bond acceptors (Lipinski definition) is 3. The highest BCUT2D eigenvalue weighted by molar-refractivity contribution is 7.10. The van der Waals surface area contributed by atoms with E-state index in [1.165, 1.54) is 0 Å². The normalized spacial score (nSPS) is 21.6. The van der Waals surface area contributed by atoms with Crippen molar-refractivity contribution in [2.45, 2.75) is 25.7 Å². The predicted molar refractivity (Wildman–Crippen MR) is 69.7 cm³/mol. The van der Waals surface area contributed by atoms with Crippen molar-refractivity contribution < 1.29 is 14.7 Å². The summed E-state index contributed by atoms with van der Waals surface area (Å²) in [6.07, 6.45) is 1.45. The van der Waals surface area contributed by atoms with Crippen LogP contribution in [0.5, 0.6) is 0 Å². The molecule has 2 atom stereocenters. The highest BCUT2D eigenvalue weighted by Gasteiger charge is 2.30. The molecule has 0 aromatic carbocycles. The third kappa shape index (κ3) is 2.72. The monoisotopic (exact) mass is 267 g/mol. The van der Waals surface area contributed by atoms with Crippen LogP contribution in [0.2, 0.25) is 0 Å². The summed E-state index contributed by atoms with van der Waals surface area (Å²) < 4.78 is 0. The number of carbonyl (C=O) groups excluding carboxylic acids is 1. The predicted octanol–water partition coefficient (Wildman–Crippen LogP) is 2.17. The topological polar surface area (TPSA) is 57.6 Å². The molecule has 5 heteroatoms. The van der Waals surface area contributed by atoms with E-state index in [4.69, 9.17) is 5.11 Å². The lowest BCUT2D eigenvalue weighted by molar-refractivity contribution is -0.146. The highest BCUT2D eigenvalue weighted by Crippen LogP contribution is 2.25. The van der Waals surface area contributed by atoms with Crippen molar-refractivity contribution in [2.75, 3.05) is 13.1 Å². The summed E-state index contributed by atoms with van der Waals surface area (Å²) in [5.74, 6) is -1.32. The molecule has 1 aromatic rings. The Balaban J connectivity index is 2.02. The maximum atomic E-state index is 12.3. The van der Waals surface area contributed by atoms with E-state index in [9.17, 15) is 9.59 Å². The Kier molecular flexibility index (Phi) is 4.01. The lowest BCUT2D eigenvalue weighted by Gasteiger charge is -2.32. The van der Waals surface area contributed by atoms with Gasteiger partial charge in [-0.2, -0.15) is 0 Å². The Morgan fingerprint density at radius 2 is 2.33 bits per heavy atom. The van der Waals surface area contributed by atoms with Gasteiger partial charge in [0.15, 0.2) is 0 Å². The van der Waals surface area contributed by atoms with Gasteiger partial charge in [0.1, 0.15) is 0 Å². The smallest absolute Gasteiger partial charge is 0.308 e. The average Bonchev–Trinajstić information content (AvgIpc) is 2.91. The van der Waals surface area contributed by atoms with E-state index in [2.05, 4.69) is 0 Å². The number of rotatable bonds is 3. The lowest BCUT2D eigenvalue weighted by Crippen LogP contribution is -2.43. The van der Waals surface area contributed by atoms with Crippen LogP contribution in [0.4, 0.5) is 0 Å². The van der Waals surface area contributed by atoms with Gasteiger partial charge in [0.25, 0.3) is 0 Å². The molecule has 1 aliphatic rings. The maximum Gasteiger partial charge on any atom is 0.308 e. The molecular formula is C13H17NO3S. The number of amides is 1. The van der Waals surface area contributed by atoms with E-state index in [0.717, 1.165) is 11.3 Å². The van der Waals surface area contributed by atoms with Crippen molar-refractivity contribution in [3.05, 3.63) is 22.4 Å². The molecule has 18 heavy (non-hydrogen) atoms. The van der Waals surface area contributed by atoms with Gasteiger partial charge in [-0.25, -0.2) is 0 Å². The van der Waals surface area contributed by atoms with Crippen LogP contribution < -0.4 is 0 Å². The summed E-state index contributed by atoms with van der Waals surface area (Å²) in [6.45, 7) is 2.92. The number of piperidine rings is 1. The minimum absolute atomic E-state index is 0.0448. The lowest BCUT2D eigenvalue weighted by atomic mass is 9.96. The van der Waals surface area contributed by atoms with Gasteiger partial charge in [0, 0.05) is 18.0 Å². The van der Waals surface area contributed by atoms with Crippen LogP contribution in [0.1, 0.15) is 30.6 Å². The fourth-order valence-corrected chi connectivity index (χ4v) is 3.09. The van der Waals surface area contributed by atoms with Crippen LogP contribution in [-0.2, 0) is 9.59 Å². The summed E-state index contributed by atoms with van der Waals surface area (Å²) in [6, 6.07) is 3.88. The van der Waals surface area contributed by atoms with Crippen LogP contribution in [0.25, 0.3) is 0 Å². The number of aliphatic carboxylic acids is 1. The van der Waals surface area contributed by atoms with Crippen LogP contribution >= 0.6 is 11.3 Å². The second kappa shape index (κ2) is 5.52. The summed E-state index contributed by atoms with van der Waals surface area (Å²) in [5, 5.41) is 11.0. The summed E-state index contributed by atoms with van der Waals surface area (Å²) in [7, 11) is 0. The van der Waals surface area contributed by atoms with Crippen molar-refractivity contribution in [1.29, 1.82) is 0 Å². The standard InChI is InChI=1S/C13H17NO3S/c1-9(11-5-3-7-18-11)12(15)14-6-2-4-10(8-14)13(16)17/h3,5,7,9-10H,2,4,6,8H2,1H3,(H,16,17)/t9-,10-/m1/s1. The molecule has 0 unspecified atom stereocenters. The highest BCUT2D eigenvalue weighted by atomic mass is 32.1. The minimum atomic E-state index is -0.795. The first-order chi connectivity index (χ1) is 8.59. The van der Waals surface area contributed by atoms with Gasteiger partial charge in [0.2, 0.25) is 5.91 Å². The van der Waals surface area contributed by atoms with Gasteiger partial charge in [-0.1, -0.05) is 6.07 Å². The zero-order valence-corrected chi connectivity index (χ0v) is 11.2. The molecule has 0 spiro atoms. The third-order valence-corrected chi connectivity index (χ3v) is 4.48. The van der Waals surface area contributed by atoms with Crippen molar-refractivity contribution in [3.8, 4) is 0 Å². The van der Waals surface area contributed by atoms with Crippen molar-refractivity contribution in [2.24, 2.45) is 5.92 Å². The Hall–Kier alpha value is -1.36. The zero-order valence-electron chi connectivity index (χ0n) is 10.3. The first kappa shape index (κ1) is 13.1. The van der Waals surface area contributed by atoms with Gasteiger partial charge in [0.05, 0.1) is 11.8 Å². The number of hydrogen-bond donors (Lipinski definition) is 1. The Morgan fingerprint density at radius 3 is 2.94 bits per heavy atom. The number of thiophene rings is 1. The molecule has 4 nitrogen and oxygen atoms in total. The minimum Gasteiger partial charge on any atom is -0.481 e. The number of carboxylic acid groups (broad SMARTS) is 1. The summed E-state index contributed by atoms with van der Waals surface area (Å²) in [5.41, 5.74) is 0. The first-order valence-corrected chi connectivity index (χ1v) is 7.02. The van der Waals surface area contributed by atoms with Crippen molar-refractivity contribution in [1.82, 2.24) is 4.90 Å². The first-order valence-electron chi connectivity index (χ1n) is 6.14. The fraction of sp³-hybridized carbons (Fsp3) is 0.538. The number of nitrogens with zero attached hydrogens (tertiary/aromatic N) is 1. The maximum absolute atomic E-state index is 12.3. The van der Waals surface area contributed by atoms with Crippen molar-refractivity contribution in [3.63, 3.8) is 0 Å². The van der Waals surface area contributed by atoms with E-state index < -0.39 is 11.9 Å². The molecule has 1 aromatic heterocycles. The molecular weight excluding hydrogens is 250 g/mol. The molecule has 1 saturated heterocycles. The number of carboxylic acids is 1. The van der Waals surface area contributed by atoms with Crippen LogP contribution in [0.15, 0.2) is 17.5 Å². The van der Waals surface area contributed by atoms with Crippen molar-refractivity contribution >= 4 is 23.2 Å². The van der Waals surface area contributed by atoms with E-state index in [1.807, 2.05) is 24.4 Å². The molecule has 1 amide bonds. The van der Waals surface area contributed by atoms with Gasteiger partial charge in [-0.05, 0) is 31.2 Å². The average molecular weight is 267 g/mol. The molecule has 0 aliphatic carbocycles. The van der Waals surface area contributed by atoms with Gasteiger partial charge in [-0.3, -0.25) is 9.59 Å². The van der Waals surface area contributed by atoms with Gasteiger partial charge >= 0.3 is 5.97 Å². The number of likely N-dealkylation sites (tertiary alicyclic amines) is 1. The summed E-state index contributed by atoms with van der Waals surface area (Å²) in [4.78, 5) is 26.0. The molecule has 2 rings (SSSR count). The van der Waals surface area contributed by atoms with Crippen LogP contribution in [0, 0.1) is 5.92 Å². The van der Waals surface area contributed by atoms with E-state index in [0.29, 0.717) is 19.5 Å². The second-order valence-corrected chi connectivity index (χ2v) is 5.68. The van der Waals surface area contributed by atoms with Gasteiger partial charge in [-0.15, -0.1) is 11.3 Å². The molecule has 0 bridgehead atoms. The Morgan fingerprint density at radius 1 is 1.56 bits per heavy atom. The molecule has 98 valence electrons. The van der Waals surface area contributed by atoms with E-state index in [1.54, 1.807) is 16.2 Å². The second-order valence-electron chi connectivity index (χ2n) is 4.70. The summed E-state index contributed by atoms with van der Waals surface area (Å²) >= 11 is 1.57. The molecule has 1 N–H and O–H groups in total. The third-order valence-electron chi connectivity index (χ3n) is 3.42. The molecule has 2 heterocycles. The molecule has 1 aliphatic heterocycles. The largest absolute Gasteiger partial charge is 0.481 e. The molecule has 0 saturated carbocycles. The number of carbonyl (C=O) groups is 2. The Bertz CT molecular complexity index is 429. The Labute approximate surface area is 110 Å². The van der Waals surface area contributed by atoms with Crippen LogP contribution in [0.3, 0.4) is 0 Å². The van der Waals surface area contributed by atoms with Crippen LogP contribution in [-0.4, -0.2) is 35.0 Å².